The molecule has 0 aliphatic carbocycles. The molecule has 0 aliphatic heterocycles. The SMILES string of the molecule is CCC(OC(=O)CCC(=O)Oc1c(Cl)cccc1Cl)C(C)C. The fraction of sp³-hybridized carbons (Fsp3) is 0.500. The lowest BCUT2D eigenvalue weighted by atomic mass is 10.1. The summed E-state index contributed by atoms with van der Waals surface area (Å²) in [7, 11) is 0. The van der Waals surface area contributed by atoms with Crippen molar-refractivity contribution in [3.05, 3.63) is 28.2 Å². The predicted molar refractivity (Wildman–Crippen MR) is 86.3 cm³/mol. The number of ether oxygens (including phenoxy) is 2. The molecule has 0 bridgehead atoms. The molecule has 122 valence electrons. The summed E-state index contributed by atoms with van der Waals surface area (Å²) in [4.78, 5) is 23.5. The summed E-state index contributed by atoms with van der Waals surface area (Å²) < 4.78 is 10.4. The van der Waals surface area contributed by atoms with Gasteiger partial charge in [-0.1, -0.05) is 50.0 Å². The van der Waals surface area contributed by atoms with Gasteiger partial charge >= 0.3 is 11.9 Å². The summed E-state index contributed by atoms with van der Waals surface area (Å²) in [6.45, 7) is 5.91. The van der Waals surface area contributed by atoms with Crippen LogP contribution >= 0.6 is 23.2 Å². The number of para-hydroxylation sites is 1. The Bertz CT molecular complexity index is 509. The lowest BCUT2D eigenvalue weighted by Crippen LogP contribution is -2.23. The van der Waals surface area contributed by atoms with Gasteiger partial charge in [-0.2, -0.15) is 0 Å². The van der Waals surface area contributed by atoms with Crippen molar-refractivity contribution in [2.45, 2.75) is 46.1 Å². The Morgan fingerprint density at radius 3 is 2.14 bits per heavy atom. The van der Waals surface area contributed by atoms with E-state index in [-0.39, 0.29) is 40.7 Å². The zero-order valence-corrected chi connectivity index (χ0v) is 14.4. The summed E-state index contributed by atoms with van der Waals surface area (Å²) in [5.41, 5.74) is 0. The molecule has 0 spiro atoms. The van der Waals surface area contributed by atoms with Crippen LogP contribution in [-0.2, 0) is 14.3 Å². The van der Waals surface area contributed by atoms with Crippen LogP contribution < -0.4 is 4.74 Å². The van der Waals surface area contributed by atoms with Crippen LogP contribution in [0.1, 0.15) is 40.0 Å². The Labute approximate surface area is 140 Å². The predicted octanol–water partition coefficient (Wildman–Crippen LogP) is 4.66. The standard InChI is InChI=1S/C16H20Cl2O4/c1-4-13(10(2)3)21-14(19)8-9-15(20)22-16-11(17)6-5-7-12(16)18/h5-7,10,13H,4,8-9H2,1-3H3. The van der Waals surface area contributed by atoms with Gasteiger partial charge in [0.1, 0.15) is 6.10 Å². The number of hydrogen-bond donors (Lipinski definition) is 0. The fourth-order valence-electron chi connectivity index (χ4n) is 1.87. The number of benzene rings is 1. The van der Waals surface area contributed by atoms with Crippen molar-refractivity contribution in [1.29, 1.82) is 0 Å². The molecule has 0 aliphatic rings. The highest BCUT2D eigenvalue weighted by Gasteiger charge is 2.18. The molecule has 1 rings (SSSR count). The number of carbonyl (C=O) groups excluding carboxylic acids is 2. The van der Waals surface area contributed by atoms with Crippen molar-refractivity contribution in [1.82, 2.24) is 0 Å². The van der Waals surface area contributed by atoms with Crippen LogP contribution in [0.2, 0.25) is 10.0 Å². The first-order valence-electron chi connectivity index (χ1n) is 7.19. The summed E-state index contributed by atoms with van der Waals surface area (Å²) in [6, 6.07) is 4.79. The van der Waals surface area contributed by atoms with E-state index in [1.165, 1.54) is 0 Å². The molecule has 4 nitrogen and oxygen atoms in total. The Morgan fingerprint density at radius 2 is 1.64 bits per heavy atom. The molecular formula is C16H20Cl2O4. The van der Waals surface area contributed by atoms with Crippen molar-refractivity contribution >= 4 is 35.1 Å². The first kappa shape index (κ1) is 18.8. The zero-order valence-electron chi connectivity index (χ0n) is 12.9. The van der Waals surface area contributed by atoms with E-state index >= 15 is 0 Å². The van der Waals surface area contributed by atoms with Crippen LogP contribution in [0.4, 0.5) is 0 Å². The highest BCUT2D eigenvalue weighted by molar-refractivity contribution is 6.37. The average Bonchev–Trinajstić information content (AvgIpc) is 2.46. The maximum atomic E-state index is 11.8. The largest absolute Gasteiger partial charge is 0.462 e. The molecule has 1 aromatic carbocycles. The highest BCUT2D eigenvalue weighted by atomic mass is 35.5. The van der Waals surface area contributed by atoms with Gasteiger partial charge in [0.2, 0.25) is 0 Å². The maximum absolute atomic E-state index is 11.8. The molecule has 0 fully saturated rings. The van der Waals surface area contributed by atoms with E-state index in [1.54, 1.807) is 18.2 Å². The molecule has 1 aromatic rings. The second-order valence-electron chi connectivity index (χ2n) is 5.21. The lowest BCUT2D eigenvalue weighted by molar-refractivity contribution is -0.153. The second kappa shape index (κ2) is 9.01. The number of esters is 2. The Balaban J connectivity index is 2.48. The minimum atomic E-state index is -0.579. The van der Waals surface area contributed by atoms with E-state index in [4.69, 9.17) is 32.7 Å². The zero-order chi connectivity index (χ0) is 16.7. The summed E-state index contributed by atoms with van der Waals surface area (Å²) >= 11 is 11.8. The average molecular weight is 347 g/mol. The van der Waals surface area contributed by atoms with E-state index in [9.17, 15) is 9.59 Å². The number of carbonyl (C=O) groups is 2. The van der Waals surface area contributed by atoms with Crippen LogP contribution in [0.5, 0.6) is 5.75 Å². The quantitative estimate of drug-likeness (QED) is 0.532. The van der Waals surface area contributed by atoms with Gasteiger partial charge in [-0.05, 0) is 24.5 Å². The van der Waals surface area contributed by atoms with Crippen LogP contribution in [0.3, 0.4) is 0 Å². The van der Waals surface area contributed by atoms with Gasteiger partial charge < -0.3 is 9.47 Å². The monoisotopic (exact) mass is 346 g/mol. The van der Waals surface area contributed by atoms with E-state index in [0.29, 0.717) is 0 Å². The Hall–Kier alpha value is -1.26. The van der Waals surface area contributed by atoms with E-state index in [0.717, 1.165) is 6.42 Å². The van der Waals surface area contributed by atoms with E-state index in [2.05, 4.69) is 0 Å². The van der Waals surface area contributed by atoms with Crippen LogP contribution in [0.15, 0.2) is 18.2 Å². The minimum Gasteiger partial charge on any atom is -0.462 e. The maximum Gasteiger partial charge on any atom is 0.311 e. The van der Waals surface area contributed by atoms with Crippen molar-refractivity contribution < 1.29 is 19.1 Å². The van der Waals surface area contributed by atoms with Crippen molar-refractivity contribution in [2.24, 2.45) is 5.92 Å². The van der Waals surface area contributed by atoms with Crippen LogP contribution in [-0.4, -0.2) is 18.0 Å². The third-order valence-electron chi connectivity index (χ3n) is 3.10. The Kier molecular flexibility index (Phi) is 7.69. The van der Waals surface area contributed by atoms with Gasteiger partial charge in [0.05, 0.1) is 22.9 Å². The van der Waals surface area contributed by atoms with Crippen molar-refractivity contribution in [3.63, 3.8) is 0 Å². The normalized spacial score (nSPS) is 12.1. The van der Waals surface area contributed by atoms with Gasteiger partial charge in [0.25, 0.3) is 0 Å². The summed E-state index contributed by atoms with van der Waals surface area (Å²) in [6.07, 6.45) is 0.476. The Morgan fingerprint density at radius 1 is 1.09 bits per heavy atom. The first-order chi connectivity index (χ1) is 10.3. The molecular weight excluding hydrogens is 327 g/mol. The highest BCUT2D eigenvalue weighted by Crippen LogP contribution is 2.32. The summed E-state index contributed by atoms with van der Waals surface area (Å²) in [5, 5.41) is 0.489. The topological polar surface area (TPSA) is 52.6 Å². The molecule has 0 aromatic heterocycles. The van der Waals surface area contributed by atoms with Crippen molar-refractivity contribution in [3.8, 4) is 5.75 Å². The first-order valence-corrected chi connectivity index (χ1v) is 7.94. The van der Waals surface area contributed by atoms with Gasteiger partial charge in [-0.3, -0.25) is 9.59 Å². The number of halogens is 2. The molecule has 1 atom stereocenters. The molecule has 0 saturated carbocycles. The molecule has 22 heavy (non-hydrogen) atoms. The van der Waals surface area contributed by atoms with Crippen LogP contribution in [0, 0.1) is 5.92 Å². The van der Waals surface area contributed by atoms with Gasteiger partial charge in [-0.15, -0.1) is 0 Å². The molecule has 0 saturated heterocycles. The lowest BCUT2D eigenvalue weighted by Gasteiger charge is -2.19. The van der Waals surface area contributed by atoms with Gasteiger partial charge in [0.15, 0.2) is 5.75 Å². The van der Waals surface area contributed by atoms with Crippen LogP contribution in [0.25, 0.3) is 0 Å². The smallest absolute Gasteiger partial charge is 0.311 e. The molecule has 0 heterocycles. The number of rotatable bonds is 7. The van der Waals surface area contributed by atoms with Gasteiger partial charge in [0, 0.05) is 0 Å². The van der Waals surface area contributed by atoms with E-state index < -0.39 is 11.9 Å². The van der Waals surface area contributed by atoms with E-state index in [1.807, 2.05) is 20.8 Å². The molecule has 1 unspecified atom stereocenters. The molecule has 0 radical (unpaired) electrons. The fourth-order valence-corrected chi connectivity index (χ4v) is 2.34. The third-order valence-corrected chi connectivity index (χ3v) is 3.69. The number of hydrogen-bond acceptors (Lipinski definition) is 4. The third kappa shape index (κ3) is 5.85. The van der Waals surface area contributed by atoms with Gasteiger partial charge in [-0.25, -0.2) is 0 Å². The molecule has 0 amide bonds. The second-order valence-corrected chi connectivity index (χ2v) is 6.02. The van der Waals surface area contributed by atoms with Crippen molar-refractivity contribution in [2.75, 3.05) is 0 Å². The minimum absolute atomic E-state index is 0.0376. The summed E-state index contributed by atoms with van der Waals surface area (Å²) in [5.74, 6) is -0.645. The molecule has 6 heteroatoms. The molecule has 0 N–H and O–H groups in total.